The molecule has 1 N–H and O–H groups in total. The number of hydrogen-bond acceptors (Lipinski definition) is 4. The van der Waals surface area contributed by atoms with Crippen LogP contribution in [0.1, 0.15) is 37.7 Å². The number of rotatable bonds is 3. The van der Waals surface area contributed by atoms with Crippen molar-refractivity contribution in [3.63, 3.8) is 0 Å². The first kappa shape index (κ1) is 16.4. The predicted octanol–water partition coefficient (Wildman–Crippen LogP) is 2.68. The van der Waals surface area contributed by atoms with Gasteiger partial charge in [-0.15, -0.1) is 0 Å². The van der Waals surface area contributed by atoms with Crippen LogP contribution in [0.15, 0.2) is 16.8 Å². The van der Waals surface area contributed by atoms with Crippen molar-refractivity contribution in [2.75, 3.05) is 32.8 Å². The Morgan fingerprint density at radius 1 is 1.38 bits per heavy atom. The summed E-state index contributed by atoms with van der Waals surface area (Å²) >= 11 is 1.76. The highest BCUT2D eigenvalue weighted by atomic mass is 32.1. The first-order chi connectivity index (χ1) is 11.7. The molecule has 132 valence electrons. The molecule has 1 aromatic heterocycles. The Kier molecular flexibility index (Phi) is 4.79. The number of carbonyl (C=O) groups excluding carboxylic acids is 1. The molecule has 3 aliphatic heterocycles. The van der Waals surface area contributed by atoms with Crippen LogP contribution in [0.25, 0.3) is 0 Å². The Morgan fingerprint density at radius 3 is 3.04 bits per heavy atom. The zero-order chi connectivity index (χ0) is 16.4. The summed E-state index contributed by atoms with van der Waals surface area (Å²) in [5.41, 5.74) is 1.34. The van der Waals surface area contributed by atoms with Crippen molar-refractivity contribution in [2.24, 2.45) is 0 Å². The third-order valence-corrected chi connectivity index (χ3v) is 6.33. The molecule has 6 heteroatoms. The molecule has 0 saturated carbocycles. The molecule has 0 bridgehead atoms. The highest BCUT2D eigenvalue weighted by Gasteiger charge is 2.43. The van der Waals surface area contributed by atoms with Crippen molar-refractivity contribution >= 4 is 17.4 Å². The number of likely N-dealkylation sites (tertiary alicyclic amines) is 2. The normalized spacial score (nSPS) is 31.0. The summed E-state index contributed by atoms with van der Waals surface area (Å²) in [4.78, 5) is 16.8. The minimum atomic E-state index is -0.0583. The van der Waals surface area contributed by atoms with Crippen LogP contribution in [0.2, 0.25) is 0 Å². The number of hydrogen-bond donors (Lipinski definition) is 1. The molecule has 5 nitrogen and oxygen atoms in total. The van der Waals surface area contributed by atoms with E-state index < -0.39 is 0 Å². The van der Waals surface area contributed by atoms with E-state index in [-0.39, 0.29) is 17.7 Å². The van der Waals surface area contributed by atoms with Crippen LogP contribution in [-0.2, 0) is 11.3 Å². The molecule has 24 heavy (non-hydrogen) atoms. The Balaban J connectivity index is 1.32. The number of thiophene rings is 1. The van der Waals surface area contributed by atoms with Gasteiger partial charge in [0, 0.05) is 45.4 Å². The number of urea groups is 1. The van der Waals surface area contributed by atoms with Gasteiger partial charge in [-0.05, 0) is 54.5 Å². The lowest BCUT2D eigenvalue weighted by Gasteiger charge is -2.39. The van der Waals surface area contributed by atoms with Gasteiger partial charge in [0.05, 0.1) is 5.60 Å². The van der Waals surface area contributed by atoms with Gasteiger partial charge in [0.2, 0.25) is 0 Å². The SMILES string of the molecule is O=C(N[C@@H]1CCO[C@]2(CCN(Cc3ccsc3)C2)C1)N1CCCC1. The smallest absolute Gasteiger partial charge is 0.317 e. The van der Waals surface area contributed by atoms with Crippen LogP contribution < -0.4 is 5.32 Å². The summed E-state index contributed by atoms with van der Waals surface area (Å²) in [7, 11) is 0. The van der Waals surface area contributed by atoms with Crippen molar-refractivity contribution in [1.82, 2.24) is 15.1 Å². The van der Waals surface area contributed by atoms with Crippen molar-refractivity contribution in [2.45, 2.75) is 50.3 Å². The highest BCUT2D eigenvalue weighted by Crippen LogP contribution is 2.35. The van der Waals surface area contributed by atoms with Crippen LogP contribution in [-0.4, -0.2) is 60.3 Å². The molecule has 0 aliphatic carbocycles. The zero-order valence-corrected chi connectivity index (χ0v) is 15.0. The molecule has 2 atom stereocenters. The zero-order valence-electron chi connectivity index (χ0n) is 14.2. The van der Waals surface area contributed by atoms with E-state index in [0.717, 1.165) is 71.4 Å². The summed E-state index contributed by atoms with van der Waals surface area (Å²) in [6.07, 6.45) is 5.25. The fourth-order valence-electron chi connectivity index (χ4n) is 4.32. The topological polar surface area (TPSA) is 44.8 Å². The quantitative estimate of drug-likeness (QED) is 0.912. The second-order valence-corrected chi connectivity index (χ2v) is 8.24. The molecule has 0 radical (unpaired) electrons. The van der Waals surface area contributed by atoms with Gasteiger partial charge in [-0.3, -0.25) is 4.90 Å². The molecular formula is C18H27N3O2S. The minimum Gasteiger partial charge on any atom is -0.373 e. The second kappa shape index (κ2) is 7.02. The maximum atomic E-state index is 12.4. The number of nitrogens with one attached hydrogen (secondary N) is 1. The number of ether oxygens (including phenoxy) is 1. The second-order valence-electron chi connectivity index (χ2n) is 7.46. The van der Waals surface area contributed by atoms with E-state index in [9.17, 15) is 4.79 Å². The van der Waals surface area contributed by atoms with Gasteiger partial charge in [-0.1, -0.05) is 0 Å². The van der Waals surface area contributed by atoms with Crippen LogP contribution in [0.3, 0.4) is 0 Å². The average Bonchev–Trinajstić information content (AvgIpc) is 3.31. The average molecular weight is 350 g/mol. The summed E-state index contributed by atoms with van der Waals surface area (Å²) in [5.74, 6) is 0. The Bertz CT molecular complexity index is 559. The molecule has 0 aromatic carbocycles. The van der Waals surface area contributed by atoms with E-state index in [1.807, 2.05) is 4.90 Å². The lowest BCUT2D eigenvalue weighted by molar-refractivity contribution is -0.0792. The van der Waals surface area contributed by atoms with Gasteiger partial charge >= 0.3 is 6.03 Å². The van der Waals surface area contributed by atoms with Gasteiger partial charge in [0.25, 0.3) is 0 Å². The van der Waals surface area contributed by atoms with Gasteiger partial charge < -0.3 is 15.0 Å². The molecule has 4 rings (SSSR count). The van der Waals surface area contributed by atoms with E-state index in [2.05, 4.69) is 27.0 Å². The van der Waals surface area contributed by atoms with Crippen molar-refractivity contribution in [1.29, 1.82) is 0 Å². The third kappa shape index (κ3) is 3.60. The van der Waals surface area contributed by atoms with E-state index in [1.54, 1.807) is 11.3 Å². The highest BCUT2D eigenvalue weighted by molar-refractivity contribution is 7.07. The molecular weight excluding hydrogens is 322 g/mol. The third-order valence-electron chi connectivity index (χ3n) is 5.60. The van der Waals surface area contributed by atoms with E-state index in [4.69, 9.17) is 4.74 Å². The summed E-state index contributed by atoms with van der Waals surface area (Å²) in [6, 6.07) is 2.59. The standard InChI is InChI=1S/C18H27N3O2S/c22-17(21-6-1-2-7-21)19-16-3-9-23-18(11-16)5-8-20(14-18)12-15-4-10-24-13-15/h4,10,13,16H,1-3,5-9,11-12,14H2,(H,19,22)/t16-,18-/m1/s1. The first-order valence-corrected chi connectivity index (χ1v) is 10.1. The minimum absolute atomic E-state index is 0.0583. The molecule has 3 saturated heterocycles. The summed E-state index contributed by atoms with van der Waals surface area (Å²) in [6.45, 7) is 5.67. The van der Waals surface area contributed by atoms with Gasteiger partial charge in [0.1, 0.15) is 0 Å². The van der Waals surface area contributed by atoms with Crippen LogP contribution in [0, 0.1) is 0 Å². The fourth-order valence-corrected chi connectivity index (χ4v) is 4.98. The maximum Gasteiger partial charge on any atom is 0.317 e. The Morgan fingerprint density at radius 2 is 2.25 bits per heavy atom. The molecule has 1 aromatic rings. The maximum absolute atomic E-state index is 12.4. The van der Waals surface area contributed by atoms with E-state index >= 15 is 0 Å². The van der Waals surface area contributed by atoms with E-state index in [1.165, 1.54) is 5.56 Å². The summed E-state index contributed by atoms with van der Waals surface area (Å²) < 4.78 is 6.21. The molecule has 2 amide bonds. The van der Waals surface area contributed by atoms with Gasteiger partial charge in [-0.2, -0.15) is 11.3 Å². The lowest BCUT2D eigenvalue weighted by Crippen LogP contribution is -2.52. The molecule has 4 heterocycles. The van der Waals surface area contributed by atoms with Crippen LogP contribution in [0.5, 0.6) is 0 Å². The fraction of sp³-hybridized carbons (Fsp3) is 0.722. The molecule has 3 aliphatic rings. The van der Waals surface area contributed by atoms with Crippen molar-refractivity contribution < 1.29 is 9.53 Å². The first-order valence-electron chi connectivity index (χ1n) is 9.15. The molecule has 0 unspecified atom stereocenters. The van der Waals surface area contributed by atoms with Gasteiger partial charge in [0.15, 0.2) is 0 Å². The van der Waals surface area contributed by atoms with Crippen LogP contribution >= 0.6 is 11.3 Å². The van der Waals surface area contributed by atoms with Crippen molar-refractivity contribution in [3.8, 4) is 0 Å². The molecule has 1 spiro atoms. The predicted molar refractivity (Wildman–Crippen MR) is 95.3 cm³/mol. The largest absolute Gasteiger partial charge is 0.373 e. The van der Waals surface area contributed by atoms with Crippen molar-refractivity contribution in [3.05, 3.63) is 22.4 Å². The summed E-state index contributed by atoms with van der Waals surface area (Å²) in [5, 5.41) is 7.63. The molecule has 3 fully saturated rings. The Labute approximate surface area is 148 Å². The number of amides is 2. The van der Waals surface area contributed by atoms with Gasteiger partial charge in [-0.25, -0.2) is 4.79 Å². The monoisotopic (exact) mass is 349 g/mol. The Hall–Kier alpha value is -1.11. The number of carbonyl (C=O) groups is 1. The number of nitrogens with zero attached hydrogens (tertiary/aromatic N) is 2. The lowest BCUT2D eigenvalue weighted by atomic mass is 9.89. The van der Waals surface area contributed by atoms with E-state index in [0.29, 0.717) is 0 Å². The van der Waals surface area contributed by atoms with Crippen LogP contribution in [0.4, 0.5) is 4.79 Å².